The maximum atomic E-state index is 14.4. The van der Waals surface area contributed by atoms with E-state index >= 15 is 0 Å². The SMILES string of the molecule is Cc1ccc(S(=O)(=O)N2c3ccccc3[Si](c3ccccc3)(c3cccc(Cl)c3)c3cccc(Br)c32)cc1. The van der Waals surface area contributed by atoms with Crippen LogP contribution in [0.1, 0.15) is 5.56 Å². The molecule has 5 aromatic rings. The van der Waals surface area contributed by atoms with Crippen LogP contribution in [0.2, 0.25) is 5.02 Å². The Labute approximate surface area is 237 Å². The van der Waals surface area contributed by atoms with Crippen LogP contribution in [0.15, 0.2) is 131 Å². The Morgan fingerprint density at radius 3 is 2.08 bits per heavy atom. The molecule has 0 N–H and O–H groups in total. The van der Waals surface area contributed by atoms with Crippen LogP contribution in [0.25, 0.3) is 0 Å². The minimum atomic E-state index is -3.95. The van der Waals surface area contributed by atoms with E-state index in [-0.39, 0.29) is 4.90 Å². The van der Waals surface area contributed by atoms with Crippen molar-refractivity contribution in [2.45, 2.75) is 11.8 Å². The molecule has 7 heteroatoms. The van der Waals surface area contributed by atoms with Gasteiger partial charge in [-0.15, -0.1) is 0 Å². The van der Waals surface area contributed by atoms with E-state index in [4.69, 9.17) is 11.6 Å². The van der Waals surface area contributed by atoms with Crippen molar-refractivity contribution in [3.63, 3.8) is 0 Å². The summed E-state index contributed by atoms with van der Waals surface area (Å²) in [5.74, 6) is 0. The summed E-state index contributed by atoms with van der Waals surface area (Å²) in [7, 11) is -6.94. The van der Waals surface area contributed by atoms with Crippen molar-refractivity contribution < 1.29 is 8.42 Å². The molecule has 0 aliphatic carbocycles. The average Bonchev–Trinajstić information content (AvgIpc) is 2.93. The van der Waals surface area contributed by atoms with Crippen molar-refractivity contribution in [2.24, 2.45) is 0 Å². The van der Waals surface area contributed by atoms with Crippen molar-refractivity contribution in [3.8, 4) is 0 Å². The first kappa shape index (κ1) is 25.1. The smallest absolute Gasteiger partial charge is 0.234 e. The van der Waals surface area contributed by atoms with Crippen LogP contribution in [0, 0.1) is 6.92 Å². The van der Waals surface area contributed by atoms with Crippen LogP contribution in [0.4, 0.5) is 11.4 Å². The number of sulfonamides is 1. The summed E-state index contributed by atoms with van der Waals surface area (Å²) in [6.45, 7) is 1.95. The number of halogens is 2. The number of hydrogen-bond acceptors (Lipinski definition) is 2. The maximum absolute atomic E-state index is 14.4. The summed E-state index contributed by atoms with van der Waals surface area (Å²) in [6, 6.07) is 39.3. The summed E-state index contributed by atoms with van der Waals surface area (Å²) < 4.78 is 31.1. The Kier molecular flexibility index (Phi) is 6.31. The first-order valence-corrected chi connectivity index (χ1v) is 16.8. The lowest BCUT2D eigenvalue weighted by Crippen LogP contribution is -2.77. The highest BCUT2D eigenvalue weighted by molar-refractivity contribution is 9.10. The van der Waals surface area contributed by atoms with Gasteiger partial charge in [-0.1, -0.05) is 102 Å². The Morgan fingerprint density at radius 1 is 0.711 bits per heavy atom. The molecule has 0 saturated carbocycles. The number of fused-ring (bicyclic) bond motifs is 2. The van der Waals surface area contributed by atoms with Gasteiger partial charge in [-0.2, -0.15) is 0 Å². The molecule has 38 heavy (non-hydrogen) atoms. The predicted molar refractivity (Wildman–Crippen MR) is 163 cm³/mol. The van der Waals surface area contributed by atoms with Gasteiger partial charge in [0.1, 0.15) is 0 Å². The van der Waals surface area contributed by atoms with Gasteiger partial charge in [-0.05, 0) is 80.0 Å². The summed E-state index contributed by atoms with van der Waals surface area (Å²) in [4.78, 5) is 0.247. The van der Waals surface area contributed by atoms with Crippen molar-refractivity contribution in [2.75, 3.05) is 4.31 Å². The fourth-order valence-electron chi connectivity index (χ4n) is 5.52. The van der Waals surface area contributed by atoms with Gasteiger partial charge in [-0.3, -0.25) is 0 Å². The first-order chi connectivity index (χ1) is 18.3. The van der Waals surface area contributed by atoms with Gasteiger partial charge in [0.15, 0.2) is 8.07 Å². The van der Waals surface area contributed by atoms with Gasteiger partial charge >= 0.3 is 0 Å². The monoisotopic (exact) mass is 615 g/mol. The number of benzene rings is 5. The molecule has 1 heterocycles. The Bertz CT molecular complexity index is 1780. The molecule has 0 radical (unpaired) electrons. The average molecular weight is 617 g/mol. The zero-order chi connectivity index (χ0) is 26.5. The topological polar surface area (TPSA) is 37.4 Å². The van der Waals surface area contributed by atoms with Gasteiger partial charge < -0.3 is 0 Å². The Balaban J connectivity index is 1.78. The van der Waals surface area contributed by atoms with Crippen LogP contribution in [0.3, 0.4) is 0 Å². The lowest BCUT2D eigenvalue weighted by molar-refractivity contribution is 0.596. The van der Waals surface area contributed by atoms with Crippen molar-refractivity contribution in [1.29, 1.82) is 0 Å². The minimum Gasteiger partial charge on any atom is -0.234 e. The van der Waals surface area contributed by atoms with Gasteiger partial charge in [0, 0.05) is 9.50 Å². The molecule has 188 valence electrons. The molecule has 0 spiro atoms. The second-order valence-electron chi connectivity index (χ2n) is 9.36. The molecule has 1 unspecified atom stereocenters. The number of anilines is 2. The second kappa shape index (κ2) is 9.54. The summed E-state index contributed by atoms with van der Waals surface area (Å²) in [5.41, 5.74) is 2.30. The molecule has 5 aromatic carbocycles. The highest BCUT2D eigenvalue weighted by Gasteiger charge is 2.51. The quantitative estimate of drug-likeness (QED) is 0.246. The standard InChI is InChI=1S/C31H23BrClNO2SSi/c1-22-17-19-24(20-18-22)37(35,36)34-28-14-5-6-15-29(28)38(25-10-3-2-4-11-25,26-12-7-9-23(33)21-26)30-16-8-13-27(32)31(30)34/h2-21H,1H3. The van der Waals surface area contributed by atoms with Crippen molar-refractivity contribution >= 4 is 77.7 Å². The van der Waals surface area contributed by atoms with Crippen LogP contribution >= 0.6 is 27.5 Å². The van der Waals surface area contributed by atoms with E-state index in [9.17, 15) is 8.42 Å². The normalized spacial score (nSPS) is 16.6. The van der Waals surface area contributed by atoms with E-state index in [2.05, 4.69) is 46.3 Å². The first-order valence-electron chi connectivity index (χ1n) is 12.2. The van der Waals surface area contributed by atoms with E-state index in [1.54, 1.807) is 12.1 Å². The highest BCUT2D eigenvalue weighted by atomic mass is 79.9. The van der Waals surface area contributed by atoms with E-state index in [1.807, 2.05) is 85.8 Å². The van der Waals surface area contributed by atoms with E-state index in [0.717, 1.165) is 30.8 Å². The molecule has 0 amide bonds. The van der Waals surface area contributed by atoms with Crippen LogP contribution < -0.4 is 25.1 Å². The predicted octanol–water partition coefficient (Wildman–Crippen LogP) is 5.63. The molecule has 1 aliphatic rings. The van der Waals surface area contributed by atoms with E-state index < -0.39 is 18.1 Å². The fourth-order valence-corrected chi connectivity index (χ4v) is 13.5. The lowest BCUT2D eigenvalue weighted by atomic mass is 10.2. The summed E-state index contributed by atoms with van der Waals surface area (Å²) in [5, 5.41) is 4.87. The van der Waals surface area contributed by atoms with Gasteiger partial charge in [-0.25, -0.2) is 12.7 Å². The molecule has 6 rings (SSSR count). The molecular weight excluding hydrogens is 594 g/mol. The molecule has 1 atom stereocenters. The number of rotatable bonds is 4. The third-order valence-electron chi connectivity index (χ3n) is 7.14. The van der Waals surface area contributed by atoms with E-state index in [1.165, 1.54) is 4.31 Å². The largest absolute Gasteiger partial charge is 0.268 e. The number of nitrogens with zero attached hydrogens (tertiary/aromatic N) is 1. The Hall–Kier alpha value is -3.16. The second-order valence-corrected chi connectivity index (χ2v) is 16.2. The van der Waals surface area contributed by atoms with Gasteiger partial charge in [0.05, 0.1) is 16.3 Å². The fraction of sp³-hybridized carbons (Fsp3) is 0.0323. The highest BCUT2D eigenvalue weighted by Crippen LogP contribution is 2.40. The zero-order valence-electron chi connectivity index (χ0n) is 20.5. The zero-order valence-corrected chi connectivity index (χ0v) is 24.6. The van der Waals surface area contributed by atoms with Gasteiger partial charge in [0.25, 0.3) is 10.0 Å². The summed E-state index contributed by atoms with van der Waals surface area (Å²) >= 11 is 10.4. The number of para-hydroxylation sites is 2. The molecular formula is C31H23BrClNO2SSi. The molecule has 0 bridgehead atoms. The number of hydrogen-bond donors (Lipinski definition) is 0. The lowest BCUT2D eigenvalue weighted by Gasteiger charge is -2.44. The molecule has 3 nitrogen and oxygen atoms in total. The van der Waals surface area contributed by atoms with Crippen molar-refractivity contribution in [3.05, 3.63) is 136 Å². The van der Waals surface area contributed by atoms with Gasteiger partial charge in [0.2, 0.25) is 0 Å². The molecule has 0 saturated heterocycles. The van der Waals surface area contributed by atoms with Crippen LogP contribution in [-0.4, -0.2) is 16.5 Å². The van der Waals surface area contributed by atoms with Crippen LogP contribution in [0.5, 0.6) is 0 Å². The minimum absolute atomic E-state index is 0.247. The third kappa shape index (κ3) is 3.78. The van der Waals surface area contributed by atoms with Crippen LogP contribution in [-0.2, 0) is 10.0 Å². The van der Waals surface area contributed by atoms with E-state index in [0.29, 0.717) is 16.4 Å². The van der Waals surface area contributed by atoms with Crippen molar-refractivity contribution in [1.82, 2.24) is 0 Å². The molecule has 0 fully saturated rings. The number of aryl methyl sites for hydroxylation is 1. The third-order valence-corrected chi connectivity index (χ3v) is 14.6. The Morgan fingerprint density at radius 2 is 1.34 bits per heavy atom. The molecule has 1 aliphatic heterocycles. The summed E-state index contributed by atoms with van der Waals surface area (Å²) in [6.07, 6.45) is 0. The maximum Gasteiger partial charge on any atom is 0.268 e. The molecule has 0 aromatic heterocycles.